The minimum Gasteiger partial charge on any atom is -0.497 e. The van der Waals surface area contributed by atoms with Crippen molar-refractivity contribution in [3.8, 4) is 11.8 Å². The lowest BCUT2D eigenvalue weighted by Crippen LogP contribution is -2.36. The Morgan fingerprint density at radius 2 is 1.79 bits per heavy atom. The number of hydrogen-bond acceptors (Lipinski definition) is 3. The van der Waals surface area contributed by atoms with E-state index in [4.69, 9.17) is 16.3 Å². The highest BCUT2D eigenvalue weighted by atomic mass is 35.5. The molecular weight excluding hydrogens is 324 g/mol. The van der Waals surface area contributed by atoms with Gasteiger partial charge < -0.3 is 10.1 Å². The second-order valence-electron chi connectivity index (χ2n) is 5.48. The number of nitrogens with one attached hydrogen (secondary N) is 1. The maximum atomic E-state index is 12.4. The Morgan fingerprint density at radius 1 is 1.12 bits per heavy atom. The van der Waals surface area contributed by atoms with Gasteiger partial charge in [-0.15, -0.1) is 0 Å². The smallest absolute Gasteiger partial charge is 0.242 e. The maximum absolute atomic E-state index is 12.4. The third-order valence-electron chi connectivity index (χ3n) is 4.04. The van der Waals surface area contributed by atoms with Gasteiger partial charge in [0.1, 0.15) is 11.7 Å². The number of methoxy groups -OCH3 is 1. The van der Waals surface area contributed by atoms with Gasteiger partial charge in [0.2, 0.25) is 5.91 Å². The summed E-state index contributed by atoms with van der Waals surface area (Å²) in [6.45, 7) is 0. The SMILES string of the molecule is COc1ccc([C@H]2C=C(c3ccc(Cl)cc3)NC(=O)[C@H]2C#N)cc1. The molecule has 2 aromatic carbocycles. The normalized spacial score (nSPS) is 19.9. The largest absolute Gasteiger partial charge is 0.497 e. The first kappa shape index (κ1) is 16.1. The monoisotopic (exact) mass is 338 g/mol. The van der Waals surface area contributed by atoms with E-state index in [0.29, 0.717) is 10.7 Å². The Labute approximate surface area is 145 Å². The van der Waals surface area contributed by atoms with Gasteiger partial charge in [0.05, 0.1) is 13.2 Å². The molecule has 5 heteroatoms. The molecule has 1 heterocycles. The van der Waals surface area contributed by atoms with Gasteiger partial charge in [0, 0.05) is 16.6 Å². The van der Waals surface area contributed by atoms with E-state index in [9.17, 15) is 10.1 Å². The van der Waals surface area contributed by atoms with Crippen LogP contribution < -0.4 is 10.1 Å². The Bertz CT molecular complexity index is 820. The van der Waals surface area contributed by atoms with E-state index < -0.39 is 5.92 Å². The Morgan fingerprint density at radius 3 is 2.38 bits per heavy atom. The number of rotatable bonds is 3. The summed E-state index contributed by atoms with van der Waals surface area (Å²) in [6, 6.07) is 16.7. The number of carbonyl (C=O) groups is 1. The molecule has 0 aromatic heterocycles. The van der Waals surface area contributed by atoms with E-state index in [2.05, 4.69) is 11.4 Å². The third kappa shape index (κ3) is 3.12. The predicted molar refractivity (Wildman–Crippen MR) is 92.4 cm³/mol. The molecule has 0 aliphatic carbocycles. The van der Waals surface area contributed by atoms with Crippen LogP contribution >= 0.6 is 11.6 Å². The first-order valence-electron chi connectivity index (χ1n) is 7.44. The second-order valence-corrected chi connectivity index (χ2v) is 5.92. The lowest BCUT2D eigenvalue weighted by atomic mass is 9.82. The number of allylic oxidation sites excluding steroid dienone is 1. The summed E-state index contributed by atoms with van der Waals surface area (Å²) in [5.41, 5.74) is 2.43. The fourth-order valence-electron chi connectivity index (χ4n) is 2.74. The topological polar surface area (TPSA) is 62.1 Å². The standard InChI is InChI=1S/C19H15ClN2O2/c1-24-15-8-4-12(5-9-15)16-10-18(22-19(23)17(16)11-21)13-2-6-14(20)7-3-13/h2-10,16-17H,1H3,(H,22,23)/t16-,17+/m1/s1. The minimum atomic E-state index is -0.769. The van der Waals surface area contributed by atoms with Crippen LogP contribution in [0.2, 0.25) is 5.02 Å². The van der Waals surface area contributed by atoms with E-state index in [1.165, 1.54) is 0 Å². The second kappa shape index (κ2) is 6.77. The van der Waals surface area contributed by atoms with Crippen molar-refractivity contribution in [3.05, 3.63) is 70.8 Å². The first-order valence-corrected chi connectivity index (χ1v) is 7.82. The first-order chi connectivity index (χ1) is 11.6. The van der Waals surface area contributed by atoms with Crippen LogP contribution in [0.1, 0.15) is 17.0 Å². The predicted octanol–water partition coefficient (Wildman–Crippen LogP) is 3.74. The van der Waals surface area contributed by atoms with Crippen molar-refractivity contribution < 1.29 is 9.53 Å². The third-order valence-corrected chi connectivity index (χ3v) is 4.29. The molecule has 0 saturated carbocycles. The molecule has 1 N–H and O–H groups in total. The van der Waals surface area contributed by atoms with E-state index in [1.807, 2.05) is 42.5 Å². The van der Waals surface area contributed by atoms with Crippen LogP contribution in [0, 0.1) is 17.2 Å². The summed E-state index contributed by atoms with van der Waals surface area (Å²) in [7, 11) is 1.60. The van der Waals surface area contributed by atoms with Crippen LogP contribution in [0.25, 0.3) is 5.70 Å². The lowest BCUT2D eigenvalue weighted by Gasteiger charge is -2.26. The molecule has 2 aromatic rings. The highest BCUT2D eigenvalue weighted by Gasteiger charge is 2.33. The summed E-state index contributed by atoms with van der Waals surface area (Å²) in [5, 5.41) is 12.8. The molecule has 0 radical (unpaired) electrons. The average Bonchev–Trinajstić information content (AvgIpc) is 2.61. The molecule has 0 saturated heterocycles. The number of amides is 1. The van der Waals surface area contributed by atoms with Crippen LogP contribution in [-0.4, -0.2) is 13.0 Å². The van der Waals surface area contributed by atoms with Crippen molar-refractivity contribution in [1.82, 2.24) is 5.32 Å². The highest BCUT2D eigenvalue weighted by Crippen LogP contribution is 2.34. The Balaban J connectivity index is 2.02. The van der Waals surface area contributed by atoms with Crippen LogP contribution in [-0.2, 0) is 4.79 Å². The molecule has 2 atom stereocenters. The van der Waals surface area contributed by atoms with Gasteiger partial charge in [-0.2, -0.15) is 5.26 Å². The van der Waals surface area contributed by atoms with Crippen molar-refractivity contribution in [2.24, 2.45) is 5.92 Å². The number of halogens is 1. The summed E-state index contributed by atoms with van der Waals surface area (Å²) in [4.78, 5) is 12.4. The van der Waals surface area contributed by atoms with E-state index >= 15 is 0 Å². The molecule has 24 heavy (non-hydrogen) atoms. The van der Waals surface area contributed by atoms with Crippen molar-refractivity contribution >= 4 is 23.2 Å². The molecule has 3 rings (SSSR count). The fourth-order valence-corrected chi connectivity index (χ4v) is 2.87. The van der Waals surface area contributed by atoms with E-state index in [-0.39, 0.29) is 11.8 Å². The van der Waals surface area contributed by atoms with Crippen LogP contribution in [0.3, 0.4) is 0 Å². The zero-order valence-electron chi connectivity index (χ0n) is 13.0. The van der Waals surface area contributed by atoms with Gasteiger partial charge in [-0.1, -0.05) is 41.9 Å². The zero-order chi connectivity index (χ0) is 17.1. The Hall–Kier alpha value is -2.77. The lowest BCUT2D eigenvalue weighted by molar-refractivity contribution is -0.122. The number of benzene rings is 2. The van der Waals surface area contributed by atoms with Gasteiger partial charge in [-0.25, -0.2) is 0 Å². The van der Waals surface area contributed by atoms with Crippen LogP contribution in [0.15, 0.2) is 54.6 Å². The zero-order valence-corrected chi connectivity index (χ0v) is 13.7. The number of ether oxygens (including phenoxy) is 1. The van der Waals surface area contributed by atoms with Gasteiger partial charge in [-0.3, -0.25) is 4.79 Å². The van der Waals surface area contributed by atoms with Gasteiger partial charge in [-0.05, 0) is 35.4 Å². The molecule has 4 nitrogen and oxygen atoms in total. The summed E-state index contributed by atoms with van der Waals surface area (Å²) in [5.74, 6) is -0.657. The number of nitrogens with zero attached hydrogens (tertiary/aromatic N) is 1. The van der Waals surface area contributed by atoms with Gasteiger partial charge >= 0.3 is 0 Å². The number of carbonyl (C=O) groups excluding carboxylic acids is 1. The maximum Gasteiger partial charge on any atom is 0.242 e. The molecule has 120 valence electrons. The minimum absolute atomic E-state index is 0.300. The summed E-state index contributed by atoms with van der Waals surface area (Å²) < 4.78 is 5.16. The molecule has 0 unspecified atom stereocenters. The quantitative estimate of drug-likeness (QED) is 0.927. The fraction of sp³-hybridized carbons (Fsp3) is 0.158. The molecule has 1 aliphatic heterocycles. The highest BCUT2D eigenvalue weighted by molar-refractivity contribution is 6.30. The number of nitriles is 1. The molecule has 0 spiro atoms. The molecule has 1 aliphatic rings. The number of hydrogen-bond donors (Lipinski definition) is 1. The van der Waals surface area contributed by atoms with Gasteiger partial charge in [0.15, 0.2) is 0 Å². The van der Waals surface area contributed by atoms with Crippen molar-refractivity contribution in [2.75, 3.05) is 7.11 Å². The van der Waals surface area contributed by atoms with E-state index in [1.54, 1.807) is 19.2 Å². The van der Waals surface area contributed by atoms with Crippen LogP contribution in [0.5, 0.6) is 5.75 Å². The Kier molecular flexibility index (Phi) is 4.54. The van der Waals surface area contributed by atoms with Crippen molar-refractivity contribution in [3.63, 3.8) is 0 Å². The van der Waals surface area contributed by atoms with E-state index in [0.717, 1.165) is 16.9 Å². The van der Waals surface area contributed by atoms with Gasteiger partial charge in [0.25, 0.3) is 0 Å². The summed E-state index contributed by atoms with van der Waals surface area (Å²) in [6.07, 6.45) is 1.92. The van der Waals surface area contributed by atoms with Crippen molar-refractivity contribution in [1.29, 1.82) is 5.26 Å². The molecule has 0 fully saturated rings. The summed E-state index contributed by atoms with van der Waals surface area (Å²) >= 11 is 5.92. The van der Waals surface area contributed by atoms with Crippen molar-refractivity contribution in [2.45, 2.75) is 5.92 Å². The molecule has 0 bridgehead atoms. The molecule has 1 amide bonds. The van der Waals surface area contributed by atoms with Crippen LogP contribution in [0.4, 0.5) is 0 Å². The molecular formula is C19H15ClN2O2. The average molecular weight is 339 g/mol.